The predicted molar refractivity (Wildman–Crippen MR) is 73.6 cm³/mol. The second-order valence-electron chi connectivity index (χ2n) is 3.58. The summed E-state index contributed by atoms with van der Waals surface area (Å²) in [5, 5.41) is 3.86. The van der Waals surface area contributed by atoms with Gasteiger partial charge in [0.2, 0.25) is 0 Å². The van der Waals surface area contributed by atoms with Gasteiger partial charge in [0.05, 0.1) is 0 Å². The minimum Gasteiger partial charge on any atom is -0.350 e. The summed E-state index contributed by atoms with van der Waals surface area (Å²) in [7, 11) is 0. The van der Waals surface area contributed by atoms with Gasteiger partial charge < -0.3 is 5.32 Å². The van der Waals surface area contributed by atoms with Crippen LogP contribution in [-0.4, -0.2) is 23.5 Å². The molecule has 0 saturated carbocycles. The molecule has 0 spiro atoms. The zero-order valence-electron chi connectivity index (χ0n) is 9.50. The van der Waals surface area contributed by atoms with E-state index in [-0.39, 0.29) is 11.9 Å². The van der Waals surface area contributed by atoms with Crippen molar-refractivity contribution in [3.63, 3.8) is 0 Å². The molecule has 1 rings (SSSR count). The monoisotopic (exact) mass is 301 g/mol. The highest BCUT2D eigenvalue weighted by Gasteiger charge is 2.08. The first kappa shape index (κ1) is 13.6. The molecule has 0 aliphatic heterocycles. The van der Waals surface area contributed by atoms with Gasteiger partial charge in [-0.1, -0.05) is 15.9 Å². The Balaban J connectivity index is 2.59. The van der Waals surface area contributed by atoms with Crippen molar-refractivity contribution >= 4 is 33.6 Å². The number of hydrogen-bond acceptors (Lipinski definition) is 2. The maximum Gasteiger partial charge on any atom is 0.251 e. The maximum absolute atomic E-state index is 11.8. The topological polar surface area (TPSA) is 29.1 Å². The van der Waals surface area contributed by atoms with E-state index in [4.69, 9.17) is 0 Å². The highest BCUT2D eigenvalue weighted by Crippen LogP contribution is 2.14. The highest BCUT2D eigenvalue weighted by atomic mass is 79.9. The Labute approximate surface area is 109 Å². The lowest BCUT2D eigenvalue weighted by atomic mass is 10.2. The summed E-state index contributed by atoms with van der Waals surface area (Å²) in [5.74, 6) is 0.00102. The summed E-state index contributed by atoms with van der Waals surface area (Å²) < 4.78 is 0. The molecule has 1 aromatic carbocycles. The lowest BCUT2D eigenvalue weighted by Crippen LogP contribution is -2.32. The summed E-state index contributed by atoms with van der Waals surface area (Å²) in [6, 6.07) is 7.86. The van der Waals surface area contributed by atoms with Crippen molar-refractivity contribution in [2.24, 2.45) is 0 Å². The van der Waals surface area contributed by atoms with Crippen LogP contribution in [0, 0.1) is 0 Å². The van der Waals surface area contributed by atoms with Crippen LogP contribution in [0.25, 0.3) is 0 Å². The quantitative estimate of drug-likeness (QED) is 0.668. The third-order valence-electron chi connectivity index (χ3n) is 2.27. The van der Waals surface area contributed by atoms with Crippen molar-refractivity contribution in [2.75, 3.05) is 11.6 Å². The Kier molecular flexibility index (Phi) is 5.91. The van der Waals surface area contributed by atoms with E-state index in [9.17, 15) is 4.79 Å². The molecule has 16 heavy (non-hydrogen) atoms. The first-order chi connectivity index (χ1) is 7.67. The Morgan fingerprint density at radius 2 is 2.06 bits per heavy atom. The van der Waals surface area contributed by atoms with Crippen molar-refractivity contribution in [2.45, 2.75) is 24.3 Å². The summed E-state index contributed by atoms with van der Waals surface area (Å²) in [6.45, 7) is 2.01. The van der Waals surface area contributed by atoms with E-state index in [0.29, 0.717) is 0 Å². The number of carbonyl (C=O) groups excluding carboxylic acids is 1. The molecule has 1 amide bonds. The lowest BCUT2D eigenvalue weighted by molar-refractivity contribution is 0.0939. The van der Waals surface area contributed by atoms with Gasteiger partial charge in [-0.25, -0.2) is 0 Å². The van der Waals surface area contributed by atoms with Gasteiger partial charge in [-0.15, -0.1) is 11.8 Å². The van der Waals surface area contributed by atoms with Crippen molar-refractivity contribution in [3.8, 4) is 0 Å². The third-order valence-corrected chi connectivity index (χ3v) is 3.47. The van der Waals surface area contributed by atoms with Gasteiger partial charge in [-0.3, -0.25) is 4.79 Å². The summed E-state index contributed by atoms with van der Waals surface area (Å²) in [4.78, 5) is 13.0. The largest absolute Gasteiger partial charge is 0.350 e. The number of thioether (sulfide) groups is 1. The van der Waals surface area contributed by atoms with Gasteiger partial charge in [0.25, 0.3) is 5.91 Å². The molecule has 0 aliphatic rings. The van der Waals surface area contributed by atoms with Crippen molar-refractivity contribution in [1.82, 2.24) is 5.32 Å². The fourth-order valence-corrected chi connectivity index (χ4v) is 2.38. The standard InChI is InChI=1S/C12H16BrNOS/c1-9(7-8-13)14-12(15)10-3-5-11(16-2)6-4-10/h3-6,9H,7-8H2,1-2H3,(H,14,15). The van der Waals surface area contributed by atoms with Gasteiger partial charge in [-0.05, 0) is 43.9 Å². The summed E-state index contributed by atoms with van der Waals surface area (Å²) >= 11 is 5.03. The number of alkyl halides is 1. The van der Waals surface area contributed by atoms with Gasteiger partial charge >= 0.3 is 0 Å². The summed E-state index contributed by atoms with van der Waals surface area (Å²) in [6.07, 6.45) is 2.96. The number of hydrogen-bond donors (Lipinski definition) is 1. The molecule has 1 aromatic rings. The number of benzene rings is 1. The first-order valence-corrected chi connectivity index (χ1v) is 7.53. The predicted octanol–water partition coefficient (Wildman–Crippen LogP) is 3.31. The van der Waals surface area contributed by atoms with Crippen molar-refractivity contribution in [3.05, 3.63) is 29.8 Å². The van der Waals surface area contributed by atoms with Crippen LogP contribution in [0.15, 0.2) is 29.2 Å². The maximum atomic E-state index is 11.8. The second-order valence-corrected chi connectivity index (χ2v) is 5.25. The number of carbonyl (C=O) groups is 1. The second kappa shape index (κ2) is 6.97. The van der Waals surface area contributed by atoms with Crippen LogP contribution >= 0.6 is 27.7 Å². The molecule has 1 N–H and O–H groups in total. The number of halogens is 1. The average Bonchev–Trinajstić information content (AvgIpc) is 2.29. The molecule has 0 bridgehead atoms. The average molecular weight is 302 g/mol. The Hall–Kier alpha value is -0.480. The molecule has 0 aliphatic carbocycles. The Morgan fingerprint density at radius 3 is 2.56 bits per heavy atom. The minimum absolute atomic E-state index is 0.00102. The van der Waals surface area contributed by atoms with E-state index in [1.54, 1.807) is 11.8 Å². The molecule has 0 fully saturated rings. The van der Waals surface area contributed by atoms with E-state index in [1.165, 1.54) is 4.90 Å². The van der Waals surface area contributed by atoms with E-state index in [1.807, 2.05) is 37.4 Å². The number of amides is 1. The Morgan fingerprint density at radius 1 is 1.44 bits per heavy atom. The molecule has 4 heteroatoms. The van der Waals surface area contributed by atoms with E-state index >= 15 is 0 Å². The van der Waals surface area contributed by atoms with Gasteiger partial charge in [0, 0.05) is 21.8 Å². The van der Waals surface area contributed by atoms with E-state index < -0.39 is 0 Å². The van der Waals surface area contributed by atoms with Crippen LogP contribution in [0.1, 0.15) is 23.7 Å². The molecule has 2 nitrogen and oxygen atoms in total. The molecule has 1 atom stereocenters. The lowest BCUT2D eigenvalue weighted by Gasteiger charge is -2.12. The van der Waals surface area contributed by atoms with Gasteiger partial charge in [0.1, 0.15) is 0 Å². The Bertz CT molecular complexity index is 339. The molecule has 88 valence electrons. The zero-order valence-corrected chi connectivity index (χ0v) is 11.9. The van der Waals surface area contributed by atoms with Gasteiger partial charge in [-0.2, -0.15) is 0 Å². The van der Waals surface area contributed by atoms with Gasteiger partial charge in [0.15, 0.2) is 0 Å². The smallest absolute Gasteiger partial charge is 0.251 e. The van der Waals surface area contributed by atoms with Crippen molar-refractivity contribution in [1.29, 1.82) is 0 Å². The van der Waals surface area contributed by atoms with Crippen LogP contribution in [0.3, 0.4) is 0 Å². The van der Waals surface area contributed by atoms with E-state index in [2.05, 4.69) is 21.2 Å². The fourth-order valence-electron chi connectivity index (χ4n) is 1.29. The molecule has 0 aromatic heterocycles. The molecule has 0 heterocycles. The van der Waals surface area contributed by atoms with Crippen LogP contribution < -0.4 is 5.32 Å². The molecular weight excluding hydrogens is 286 g/mol. The fraction of sp³-hybridized carbons (Fsp3) is 0.417. The first-order valence-electron chi connectivity index (χ1n) is 5.18. The summed E-state index contributed by atoms with van der Waals surface area (Å²) in [5.41, 5.74) is 0.722. The molecular formula is C12H16BrNOS. The highest BCUT2D eigenvalue weighted by molar-refractivity contribution is 9.09. The van der Waals surface area contributed by atoms with Crippen LogP contribution in [-0.2, 0) is 0 Å². The van der Waals surface area contributed by atoms with Crippen molar-refractivity contribution < 1.29 is 4.79 Å². The van der Waals surface area contributed by atoms with Crippen LogP contribution in [0.4, 0.5) is 0 Å². The van der Waals surface area contributed by atoms with E-state index in [0.717, 1.165) is 17.3 Å². The normalized spacial score (nSPS) is 12.2. The number of nitrogens with one attached hydrogen (secondary N) is 1. The number of rotatable bonds is 5. The third kappa shape index (κ3) is 4.18. The van der Waals surface area contributed by atoms with Crippen LogP contribution in [0.2, 0.25) is 0 Å². The molecule has 0 saturated heterocycles. The molecule has 0 radical (unpaired) electrons. The SMILES string of the molecule is CSc1ccc(C(=O)NC(C)CCBr)cc1. The minimum atomic E-state index is 0.00102. The zero-order chi connectivity index (χ0) is 12.0. The molecule has 1 unspecified atom stereocenters. The van der Waals surface area contributed by atoms with Crippen LogP contribution in [0.5, 0.6) is 0 Å².